The molecular weight excluding hydrogens is 287 g/mol. The molecule has 4 amide bonds. The lowest BCUT2D eigenvalue weighted by Gasteiger charge is -2.40. The number of nitrogens with two attached hydrogens (primary N) is 1. The molecule has 5 N–H and O–H groups in total. The lowest BCUT2D eigenvalue weighted by molar-refractivity contribution is 0.165. The van der Waals surface area contributed by atoms with Crippen LogP contribution in [0.25, 0.3) is 0 Å². The van der Waals surface area contributed by atoms with E-state index < -0.39 is 29.8 Å². The Bertz CT molecular complexity index is 673. The largest absolute Gasteiger partial charge is 0.352 e. The Labute approximate surface area is 126 Å². The highest BCUT2D eigenvalue weighted by atomic mass is 19.1. The van der Waals surface area contributed by atoms with Crippen LogP contribution < -0.4 is 21.7 Å². The fourth-order valence-electron chi connectivity index (χ4n) is 2.89. The molecule has 22 heavy (non-hydrogen) atoms. The number of carbonyl (C=O) groups excluding carboxylic acids is 2. The second-order valence-electron chi connectivity index (χ2n) is 5.21. The third-order valence-electron chi connectivity index (χ3n) is 3.82. The molecule has 1 aliphatic carbocycles. The summed E-state index contributed by atoms with van der Waals surface area (Å²) in [7, 11) is 0. The normalized spacial score (nSPS) is 27.2. The van der Waals surface area contributed by atoms with E-state index in [-0.39, 0.29) is 0 Å². The summed E-state index contributed by atoms with van der Waals surface area (Å²) in [4.78, 5) is 23.0. The predicted molar refractivity (Wildman–Crippen MR) is 78.4 cm³/mol. The molecule has 0 bridgehead atoms. The van der Waals surface area contributed by atoms with Crippen LogP contribution in [0.15, 0.2) is 54.3 Å². The lowest BCUT2D eigenvalue weighted by atomic mass is 9.78. The maximum atomic E-state index is 15.3. The van der Waals surface area contributed by atoms with Crippen molar-refractivity contribution in [1.29, 1.82) is 0 Å². The molecule has 1 fully saturated rings. The van der Waals surface area contributed by atoms with Gasteiger partial charge in [-0.25, -0.2) is 14.0 Å². The standard InChI is InChI=1S/C15H15FN4O2/c16-11(9-5-2-1-3-6-9)15(20-13(17)21)8-4-7-10-12(15)19-14(22)18-10/h1-8,11-12H,(H3,17,20,21)(H2,18,19,22). The molecule has 3 atom stereocenters. The second kappa shape index (κ2) is 5.18. The molecule has 2 aliphatic rings. The summed E-state index contributed by atoms with van der Waals surface area (Å²) in [6.45, 7) is 0. The molecule has 0 saturated carbocycles. The van der Waals surface area contributed by atoms with Gasteiger partial charge in [-0.3, -0.25) is 0 Å². The van der Waals surface area contributed by atoms with Crippen molar-refractivity contribution in [2.24, 2.45) is 5.73 Å². The Balaban J connectivity index is 2.06. The van der Waals surface area contributed by atoms with Gasteiger partial charge in [-0.2, -0.15) is 0 Å². The zero-order chi connectivity index (χ0) is 15.7. The van der Waals surface area contributed by atoms with Crippen molar-refractivity contribution in [3.8, 4) is 0 Å². The van der Waals surface area contributed by atoms with Gasteiger partial charge in [0.25, 0.3) is 0 Å². The number of benzene rings is 1. The van der Waals surface area contributed by atoms with E-state index in [0.717, 1.165) is 0 Å². The lowest BCUT2D eigenvalue weighted by Crippen LogP contribution is -2.63. The molecule has 114 valence electrons. The monoisotopic (exact) mass is 302 g/mol. The maximum Gasteiger partial charge on any atom is 0.319 e. The number of halogens is 1. The zero-order valence-electron chi connectivity index (χ0n) is 11.5. The van der Waals surface area contributed by atoms with Crippen LogP contribution in [0, 0.1) is 0 Å². The molecule has 1 aromatic rings. The third kappa shape index (κ3) is 2.20. The van der Waals surface area contributed by atoms with Crippen LogP contribution in [0.5, 0.6) is 0 Å². The minimum atomic E-state index is -1.59. The van der Waals surface area contributed by atoms with Gasteiger partial charge < -0.3 is 21.7 Å². The highest BCUT2D eigenvalue weighted by molar-refractivity contribution is 5.82. The van der Waals surface area contributed by atoms with E-state index in [1.165, 1.54) is 6.08 Å². The van der Waals surface area contributed by atoms with E-state index in [1.807, 2.05) is 0 Å². The number of urea groups is 2. The first-order chi connectivity index (χ1) is 10.5. The summed E-state index contributed by atoms with van der Waals surface area (Å²) in [5, 5.41) is 7.68. The summed E-state index contributed by atoms with van der Waals surface area (Å²) in [5.74, 6) is 0. The third-order valence-corrected chi connectivity index (χ3v) is 3.82. The molecule has 3 rings (SSSR count). The van der Waals surface area contributed by atoms with Crippen LogP contribution in [0.4, 0.5) is 14.0 Å². The Kier molecular flexibility index (Phi) is 3.32. The highest BCUT2D eigenvalue weighted by Crippen LogP contribution is 2.38. The van der Waals surface area contributed by atoms with E-state index in [1.54, 1.807) is 42.5 Å². The van der Waals surface area contributed by atoms with E-state index in [2.05, 4.69) is 16.0 Å². The van der Waals surface area contributed by atoms with Crippen LogP contribution in [-0.4, -0.2) is 23.6 Å². The summed E-state index contributed by atoms with van der Waals surface area (Å²) < 4.78 is 15.3. The van der Waals surface area contributed by atoms with Crippen molar-refractivity contribution in [3.05, 3.63) is 59.8 Å². The van der Waals surface area contributed by atoms with E-state index >= 15 is 4.39 Å². The molecule has 0 aromatic heterocycles. The van der Waals surface area contributed by atoms with Crippen molar-refractivity contribution in [2.75, 3.05) is 0 Å². The van der Waals surface area contributed by atoms with Crippen LogP contribution in [0.1, 0.15) is 11.7 Å². The van der Waals surface area contributed by atoms with Gasteiger partial charge in [0.05, 0.1) is 0 Å². The fraction of sp³-hybridized carbons (Fsp3) is 0.200. The molecule has 0 spiro atoms. The number of rotatable bonds is 3. The van der Waals surface area contributed by atoms with Gasteiger partial charge in [-0.15, -0.1) is 0 Å². The molecule has 1 aromatic carbocycles. The van der Waals surface area contributed by atoms with Crippen molar-refractivity contribution in [3.63, 3.8) is 0 Å². The molecule has 6 nitrogen and oxygen atoms in total. The van der Waals surface area contributed by atoms with E-state index in [4.69, 9.17) is 5.73 Å². The Hall–Kier alpha value is -2.83. The van der Waals surface area contributed by atoms with Crippen LogP contribution in [0.3, 0.4) is 0 Å². The number of fused-ring (bicyclic) bond motifs is 1. The van der Waals surface area contributed by atoms with Gasteiger partial charge in [-0.1, -0.05) is 42.5 Å². The number of nitrogens with one attached hydrogen (secondary N) is 3. The Morgan fingerprint density at radius 3 is 2.77 bits per heavy atom. The number of primary amides is 1. The Morgan fingerprint density at radius 1 is 1.36 bits per heavy atom. The summed E-state index contributed by atoms with van der Waals surface area (Å²) in [6.07, 6.45) is 3.16. The minimum absolute atomic E-state index is 0.378. The summed E-state index contributed by atoms with van der Waals surface area (Å²) >= 11 is 0. The molecule has 1 saturated heterocycles. The smallest absolute Gasteiger partial charge is 0.319 e. The maximum absolute atomic E-state index is 15.3. The average Bonchev–Trinajstić information content (AvgIpc) is 2.88. The highest BCUT2D eigenvalue weighted by Gasteiger charge is 2.52. The zero-order valence-corrected chi connectivity index (χ0v) is 11.5. The van der Waals surface area contributed by atoms with Crippen LogP contribution in [0.2, 0.25) is 0 Å². The quantitative estimate of drug-likeness (QED) is 0.676. The number of carbonyl (C=O) groups is 2. The first-order valence-corrected chi connectivity index (χ1v) is 6.76. The predicted octanol–water partition coefficient (Wildman–Crippen LogP) is 1.24. The van der Waals surface area contributed by atoms with Crippen molar-refractivity contribution in [2.45, 2.75) is 17.8 Å². The fourth-order valence-corrected chi connectivity index (χ4v) is 2.89. The minimum Gasteiger partial charge on any atom is -0.352 e. The van der Waals surface area contributed by atoms with E-state index in [0.29, 0.717) is 11.3 Å². The average molecular weight is 302 g/mol. The van der Waals surface area contributed by atoms with Gasteiger partial charge in [0.15, 0.2) is 6.17 Å². The van der Waals surface area contributed by atoms with E-state index in [9.17, 15) is 9.59 Å². The second-order valence-corrected chi connectivity index (χ2v) is 5.21. The van der Waals surface area contributed by atoms with Crippen molar-refractivity contribution >= 4 is 12.1 Å². The first kappa shape index (κ1) is 14.1. The van der Waals surface area contributed by atoms with Gasteiger partial charge in [-0.05, 0) is 11.6 Å². The van der Waals surface area contributed by atoms with Gasteiger partial charge in [0.2, 0.25) is 0 Å². The van der Waals surface area contributed by atoms with Crippen LogP contribution >= 0.6 is 0 Å². The van der Waals surface area contributed by atoms with Gasteiger partial charge >= 0.3 is 12.1 Å². The molecule has 3 unspecified atom stereocenters. The molecule has 7 heteroatoms. The molecule has 0 radical (unpaired) electrons. The first-order valence-electron chi connectivity index (χ1n) is 6.76. The number of hydrogen-bond donors (Lipinski definition) is 4. The number of hydrogen-bond acceptors (Lipinski definition) is 2. The number of alkyl halides is 1. The number of amides is 4. The molecule has 1 heterocycles. The van der Waals surface area contributed by atoms with Gasteiger partial charge in [0, 0.05) is 5.70 Å². The summed E-state index contributed by atoms with van der Waals surface area (Å²) in [6, 6.07) is 6.33. The Morgan fingerprint density at radius 2 is 2.09 bits per heavy atom. The molecule has 1 aliphatic heterocycles. The van der Waals surface area contributed by atoms with Crippen molar-refractivity contribution < 1.29 is 14.0 Å². The topological polar surface area (TPSA) is 96.2 Å². The van der Waals surface area contributed by atoms with Gasteiger partial charge in [0.1, 0.15) is 11.6 Å². The summed E-state index contributed by atoms with van der Waals surface area (Å²) in [5.41, 5.74) is 4.61. The van der Waals surface area contributed by atoms with Crippen LogP contribution in [-0.2, 0) is 0 Å². The number of allylic oxidation sites excluding steroid dienone is 2. The molecular formula is C15H15FN4O2. The van der Waals surface area contributed by atoms with Crippen molar-refractivity contribution in [1.82, 2.24) is 16.0 Å². The SMILES string of the molecule is NC(=O)NC1(C(F)c2ccccc2)C=CC=C2NC(=O)NC21.